The second-order valence-corrected chi connectivity index (χ2v) is 6.81. The number of amides is 1. The van der Waals surface area contributed by atoms with Crippen LogP contribution in [0.15, 0.2) is 54.6 Å². The number of ether oxygens (including phenoxy) is 1. The van der Waals surface area contributed by atoms with E-state index >= 15 is 0 Å². The summed E-state index contributed by atoms with van der Waals surface area (Å²) in [6, 6.07) is 17.5. The molecule has 0 bridgehead atoms. The first-order valence-electron chi connectivity index (χ1n) is 9.31. The van der Waals surface area contributed by atoms with Gasteiger partial charge in [-0.15, -0.1) is 0 Å². The third-order valence-electron chi connectivity index (χ3n) is 4.87. The first-order chi connectivity index (χ1) is 12.6. The monoisotopic (exact) mass is 351 g/mol. The van der Waals surface area contributed by atoms with Gasteiger partial charge in [0.05, 0.1) is 5.92 Å². The van der Waals surface area contributed by atoms with Crippen molar-refractivity contribution in [3.8, 4) is 11.1 Å². The molecule has 0 spiro atoms. The van der Waals surface area contributed by atoms with Crippen molar-refractivity contribution in [2.45, 2.75) is 45.1 Å². The van der Waals surface area contributed by atoms with E-state index in [1.807, 2.05) is 54.6 Å². The number of carbonyl (C=O) groups excluding carboxylic acids is 2. The molecule has 136 valence electrons. The SMILES string of the molecule is CC(OC(=O)C1CCCCC1)C(=O)Nc1ccccc1-c1ccccc1. The fraction of sp³-hybridized carbons (Fsp3) is 0.364. The first-order valence-corrected chi connectivity index (χ1v) is 9.31. The molecule has 1 unspecified atom stereocenters. The zero-order chi connectivity index (χ0) is 18.4. The van der Waals surface area contributed by atoms with Crippen LogP contribution in [0.1, 0.15) is 39.0 Å². The van der Waals surface area contributed by atoms with Crippen LogP contribution in [0.2, 0.25) is 0 Å². The van der Waals surface area contributed by atoms with Gasteiger partial charge >= 0.3 is 5.97 Å². The highest BCUT2D eigenvalue weighted by Gasteiger charge is 2.26. The van der Waals surface area contributed by atoms with Crippen molar-refractivity contribution in [2.24, 2.45) is 5.92 Å². The predicted octanol–water partition coefficient (Wildman–Crippen LogP) is 4.80. The summed E-state index contributed by atoms with van der Waals surface area (Å²) < 4.78 is 5.42. The number of rotatable bonds is 5. The zero-order valence-electron chi connectivity index (χ0n) is 15.1. The zero-order valence-corrected chi connectivity index (χ0v) is 15.1. The first kappa shape index (κ1) is 18.2. The Bertz CT molecular complexity index is 751. The summed E-state index contributed by atoms with van der Waals surface area (Å²) in [5.74, 6) is -0.614. The molecule has 1 amide bonds. The smallest absolute Gasteiger partial charge is 0.309 e. The van der Waals surface area contributed by atoms with E-state index in [2.05, 4.69) is 5.32 Å². The molecule has 1 aliphatic rings. The van der Waals surface area contributed by atoms with Crippen LogP contribution < -0.4 is 5.32 Å². The normalized spacial score (nSPS) is 15.9. The van der Waals surface area contributed by atoms with Gasteiger partial charge < -0.3 is 10.1 Å². The molecule has 1 fully saturated rings. The highest BCUT2D eigenvalue weighted by atomic mass is 16.5. The standard InChI is InChI=1S/C22H25NO3/c1-16(26-22(25)18-12-6-3-7-13-18)21(24)23-20-15-9-8-14-19(20)17-10-4-2-5-11-17/h2,4-5,8-11,14-16,18H,3,6-7,12-13H2,1H3,(H,23,24). The Labute approximate surface area is 154 Å². The fourth-order valence-corrected chi connectivity index (χ4v) is 3.36. The van der Waals surface area contributed by atoms with E-state index in [4.69, 9.17) is 4.74 Å². The number of nitrogens with one attached hydrogen (secondary N) is 1. The van der Waals surface area contributed by atoms with Gasteiger partial charge in [0.1, 0.15) is 0 Å². The molecule has 0 radical (unpaired) electrons. The summed E-state index contributed by atoms with van der Waals surface area (Å²) in [4.78, 5) is 24.8. The molecule has 0 heterocycles. The molecule has 0 aliphatic heterocycles. The second kappa shape index (κ2) is 8.65. The Balaban J connectivity index is 1.65. The third-order valence-corrected chi connectivity index (χ3v) is 4.87. The van der Waals surface area contributed by atoms with Gasteiger partial charge in [0.15, 0.2) is 6.10 Å². The minimum Gasteiger partial charge on any atom is -0.452 e. The summed E-state index contributed by atoms with van der Waals surface area (Å²) in [6.45, 7) is 1.63. The average molecular weight is 351 g/mol. The summed E-state index contributed by atoms with van der Waals surface area (Å²) in [6.07, 6.45) is 4.22. The van der Waals surface area contributed by atoms with Gasteiger partial charge in [-0.2, -0.15) is 0 Å². The van der Waals surface area contributed by atoms with E-state index in [0.717, 1.165) is 36.8 Å². The maximum absolute atomic E-state index is 12.5. The van der Waals surface area contributed by atoms with Crippen LogP contribution in [0, 0.1) is 5.92 Å². The summed E-state index contributed by atoms with van der Waals surface area (Å²) in [5, 5.41) is 2.90. The lowest BCUT2D eigenvalue weighted by molar-refractivity contribution is -0.158. The lowest BCUT2D eigenvalue weighted by atomic mass is 9.89. The molecule has 1 saturated carbocycles. The minimum atomic E-state index is -0.812. The molecule has 0 aromatic heterocycles. The predicted molar refractivity (Wildman–Crippen MR) is 103 cm³/mol. The van der Waals surface area contributed by atoms with Crippen LogP contribution in [-0.2, 0) is 14.3 Å². The van der Waals surface area contributed by atoms with Crippen LogP contribution in [0.3, 0.4) is 0 Å². The summed E-state index contributed by atoms with van der Waals surface area (Å²) in [7, 11) is 0. The van der Waals surface area contributed by atoms with Gasteiger partial charge in [-0.25, -0.2) is 0 Å². The summed E-state index contributed by atoms with van der Waals surface area (Å²) >= 11 is 0. The van der Waals surface area contributed by atoms with E-state index in [1.54, 1.807) is 6.92 Å². The topological polar surface area (TPSA) is 55.4 Å². The quantitative estimate of drug-likeness (QED) is 0.787. The van der Waals surface area contributed by atoms with Gasteiger partial charge in [0, 0.05) is 11.3 Å². The van der Waals surface area contributed by atoms with E-state index < -0.39 is 6.10 Å². The van der Waals surface area contributed by atoms with E-state index in [-0.39, 0.29) is 17.8 Å². The summed E-state index contributed by atoms with van der Waals surface area (Å²) in [5.41, 5.74) is 2.67. The largest absolute Gasteiger partial charge is 0.452 e. The second-order valence-electron chi connectivity index (χ2n) is 6.81. The van der Waals surface area contributed by atoms with Crippen molar-refractivity contribution >= 4 is 17.6 Å². The molecule has 4 nitrogen and oxygen atoms in total. The van der Waals surface area contributed by atoms with Crippen molar-refractivity contribution in [3.63, 3.8) is 0 Å². The number of para-hydroxylation sites is 1. The molecule has 26 heavy (non-hydrogen) atoms. The van der Waals surface area contributed by atoms with Crippen molar-refractivity contribution in [3.05, 3.63) is 54.6 Å². The van der Waals surface area contributed by atoms with Crippen LogP contribution in [-0.4, -0.2) is 18.0 Å². The maximum Gasteiger partial charge on any atom is 0.309 e. The van der Waals surface area contributed by atoms with Gasteiger partial charge in [0.2, 0.25) is 0 Å². The van der Waals surface area contributed by atoms with Crippen LogP contribution in [0.4, 0.5) is 5.69 Å². The molecule has 4 heteroatoms. The number of anilines is 1. The average Bonchev–Trinajstić information content (AvgIpc) is 2.69. The molecule has 2 aromatic carbocycles. The fourth-order valence-electron chi connectivity index (χ4n) is 3.36. The maximum atomic E-state index is 12.5. The minimum absolute atomic E-state index is 0.0596. The van der Waals surface area contributed by atoms with Crippen LogP contribution >= 0.6 is 0 Å². The Hall–Kier alpha value is -2.62. The Morgan fingerprint density at radius 3 is 2.35 bits per heavy atom. The van der Waals surface area contributed by atoms with Crippen molar-refractivity contribution in [1.82, 2.24) is 0 Å². The Morgan fingerprint density at radius 2 is 1.62 bits per heavy atom. The van der Waals surface area contributed by atoms with Crippen molar-refractivity contribution < 1.29 is 14.3 Å². The molecule has 1 aliphatic carbocycles. The number of hydrogen-bond acceptors (Lipinski definition) is 3. The van der Waals surface area contributed by atoms with Gasteiger partial charge in [-0.1, -0.05) is 67.8 Å². The molecule has 3 rings (SSSR count). The lowest BCUT2D eigenvalue weighted by Crippen LogP contribution is -2.33. The highest BCUT2D eigenvalue weighted by Crippen LogP contribution is 2.28. The van der Waals surface area contributed by atoms with E-state index in [1.165, 1.54) is 6.42 Å². The van der Waals surface area contributed by atoms with Crippen LogP contribution in [0.5, 0.6) is 0 Å². The third kappa shape index (κ3) is 4.51. The Kier molecular flexibility index (Phi) is 6.05. The Morgan fingerprint density at radius 1 is 0.962 bits per heavy atom. The number of esters is 1. The molecule has 1 atom stereocenters. The highest BCUT2D eigenvalue weighted by molar-refractivity contribution is 5.98. The lowest BCUT2D eigenvalue weighted by Gasteiger charge is -2.22. The van der Waals surface area contributed by atoms with Gasteiger partial charge in [-0.05, 0) is 31.4 Å². The number of carbonyl (C=O) groups is 2. The van der Waals surface area contributed by atoms with E-state index in [9.17, 15) is 9.59 Å². The molecule has 0 saturated heterocycles. The van der Waals surface area contributed by atoms with Crippen LogP contribution in [0.25, 0.3) is 11.1 Å². The van der Waals surface area contributed by atoms with Crippen molar-refractivity contribution in [2.75, 3.05) is 5.32 Å². The molecule has 2 aromatic rings. The van der Waals surface area contributed by atoms with Crippen molar-refractivity contribution in [1.29, 1.82) is 0 Å². The molecular formula is C22H25NO3. The molecule has 1 N–H and O–H groups in total. The number of benzene rings is 2. The van der Waals surface area contributed by atoms with Gasteiger partial charge in [0.25, 0.3) is 5.91 Å². The van der Waals surface area contributed by atoms with Gasteiger partial charge in [-0.3, -0.25) is 9.59 Å². The van der Waals surface area contributed by atoms with E-state index in [0.29, 0.717) is 5.69 Å². The molecular weight excluding hydrogens is 326 g/mol. The number of hydrogen-bond donors (Lipinski definition) is 1.